The van der Waals surface area contributed by atoms with Gasteiger partial charge in [-0.25, -0.2) is 9.67 Å². The highest BCUT2D eigenvalue weighted by molar-refractivity contribution is 6.04. The number of hydrogen-bond acceptors (Lipinski definition) is 5. The highest BCUT2D eigenvalue weighted by atomic mass is 19.4. The van der Waals surface area contributed by atoms with Crippen LogP contribution in [0.25, 0.3) is 10.9 Å². The molecule has 1 amide bonds. The lowest BCUT2D eigenvalue weighted by atomic mass is 9.92. The van der Waals surface area contributed by atoms with Crippen molar-refractivity contribution in [2.24, 2.45) is 0 Å². The largest absolute Gasteiger partial charge is 0.433 e. The number of aromatic nitrogens is 3. The van der Waals surface area contributed by atoms with Crippen molar-refractivity contribution in [3.8, 4) is 0 Å². The van der Waals surface area contributed by atoms with Gasteiger partial charge in [0.05, 0.1) is 5.52 Å². The van der Waals surface area contributed by atoms with Gasteiger partial charge in [0, 0.05) is 29.4 Å². The van der Waals surface area contributed by atoms with Crippen LogP contribution in [0, 0.1) is 0 Å². The standard InChI is InChI=1S/C22H20F6N4O3/c1-20(34,22(26,27)28)13-10-15-12(11-32(31-15)18-7-2-3-8-35-18)9-16(13)30-19(33)14-5-4-6-17(29-14)21(23,24)25/h4-6,9-11,18,34H,2-3,7-8H2,1H3,(H,30,33). The molecule has 0 aliphatic carbocycles. The normalized spacial score (nSPS) is 18.9. The van der Waals surface area contributed by atoms with Crippen LogP contribution >= 0.6 is 0 Å². The van der Waals surface area contributed by atoms with Gasteiger partial charge in [-0.2, -0.15) is 31.4 Å². The Kier molecular flexibility index (Phi) is 6.26. The molecule has 0 radical (unpaired) electrons. The number of pyridine rings is 1. The number of amides is 1. The minimum absolute atomic E-state index is 0.105. The van der Waals surface area contributed by atoms with Gasteiger partial charge in [0.15, 0.2) is 5.60 Å². The van der Waals surface area contributed by atoms with E-state index < -0.39 is 52.7 Å². The molecule has 2 N–H and O–H groups in total. The van der Waals surface area contributed by atoms with Crippen molar-refractivity contribution in [1.82, 2.24) is 14.8 Å². The lowest BCUT2D eigenvalue weighted by Gasteiger charge is -2.28. The summed E-state index contributed by atoms with van der Waals surface area (Å²) in [6.45, 7) is 1.01. The monoisotopic (exact) mass is 502 g/mol. The fourth-order valence-corrected chi connectivity index (χ4v) is 3.73. The quantitative estimate of drug-likeness (QED) is 0.481. The van der Waals surface area contributed by atoms with Crippen molar-refractivity contribution in [2.75, 3.05) is 11.9 Å². The molecular weight excluding hydrogens is 482 g/mol. The number of ether oxygens (including phenoxy) is 1. The van der Waals surface area contributed by atoms with E-state index in [0.29, 0.717) is 31.4 Å². The van der Waals surface area contributed by atoms with E-state index in [-0.39, 0.29) is 5.52 Å². The van der Waals surface area contributed by atoms with Crippen LogP contribution in [0.15, 0.2) is 36.5 Å². The summed E-state index contributed by atoms with van der Waals surface area (Å²) in [7, 11) is 0. The number of carbonyl (C=O) groups is 1. The van der Waals surface area contributed by atoms with Crippen molar-refractivity contribution in [3.63, 3.8) is 0 Å². The van der Waals surface area contributed by atoms with Gasteiger partial charge >= 0.3 is 12.4 Å². The first-order chi connectivity index (χ1) is 16.3. The summed E-state index contributed by atoms with van der Waals surface area (Å²) in [5.74, 6) is -1.18. The van der Waals surface area contributed by atoms with E-state index in [1.165, 1.54) is 16.9 Å². The van der Waals surface area contributed by atoms with Gasteiger partial charge in [-0.15, -0.1) is 0 Å². The SMILES string of the molecule is CC(O)(c1cc2nn(C3CCCCO3)cc2cc1NC(=O)c1cccc(C(F)(F)F)n1)C(F)(F)F. The maximum Gasteiger partial charge on any atom is 0.433 e. The number of hydrogen-bond donors (Lipinski definition) is 2. The van der Waals surface area contributed by atoms with Crippen molar-refractivity contribution in [1.29, 1.82) is 0 Å². The first kappa shape index (κ1) is 24.9. The van der Waals surface area contributed by atoms with Crippen LogP contribution in [0.2, 0.25) is 0 Å². The minimum atomic E-state index is -5.14. The van der Waals surface area contributed by atoms with Gasteiger partial charge in [0.25, 0.3) is 5.91 Å². The Morgan fingerprint density at radius 3 is 2.54 bits per heavy atom. The lowest BCUT2D eigenvalue weighted by molar-refractivity contribution is -0.258. The number of nitrogens with one attached hydrogen (secondary N) is 1. The van der Waals surface area contributed by atoms with Crippen molar-refractivity contribution in [3.05, 3.63) is 53.5 Å². The van der Waals surface area contributed by atoms with Crippen LogP contribution in [-0.2, 0) is 16.5 Å². The molecule has 7 nitrogen and oxygen atoms in total. The van der Waals surface area contributed by atoms with Crippen LogP contribution in [0.5, 0.6) is 0 Å². The molecule has 1 aliphatic heterocycles. The van der Waals surface area contributed by atoms with Crippen molar-refractivity contribution < 1.29 is 41.0 Å². The number of halogens is 6. The molecule has 13 heteroatoms. The molecule has 0 spiro atoms. The molecule has 0 saturated carbocycles. The Labute approximate surface area is 194 Å². The zero-order valence-electron chi connectivity index (χ0n) is 18.2. The van der Waals surface area contributed by atoms with E-state index in [2.05, 4.69) is 15.4 Å². The third kappa shape index (κ3) is 4.96. The van der Waals surface area contributed by atoms with E-state index in [9.17, 15) is 36.2 Å². The summed E-state index contributed by atoms with van der Waals surface area (Å²) < 4.78 is 87.1. The predicted molar refractivity (Wildman–Crippen MR) is 111 cm³/mol. The number of alkyl halides is 6. The van der Waals surface area contributed by atoms with E-state index in [1.807, 2.05) is 0 Å². The first-order valence-corrected chi connectivity index (χ1v) is 10.6. The van der Waals surface area contributed by atoms with Gasteiger partial charge < -0.3 is 15.2 Å². The number of carbonyl (C=O) groups excluding carboxylic acids is 1. The minimum Gasteiger partial charge on any atom is -0.376 e. The summed E-state index contributed by atoms with van der Waals surface area (Å²) in [5.41, 5.74) is -6.48. The van der Waals surface area contributed by atoms with Crippen LogP contribution in [0.1, 0.15) is 54.2 Å². The molecule has 3 heterocycles. The molecule has 1 aromatic carbocycles. The van der Waals surface area contributed by atoms with Crippen LogP contribution in [-0.4, -0.2) is 38.6 Å². The molecule has 35 heavy (non-hydrogen) atoms. The van der Waals surface area contributed by atoms with E-state index in [4.69, 9.17) is 4.74 Å². The zero-order chi connectivity index (χ0) is 25.6. The second-order valence-electron chi connectivity index (χ2n) is 8.32. The third-order valence-corrected chi connectivity index (χ3v) is 5.71. The summed E-state index contributed by atoms with van der Waals surface area (Å²) >= 11 is 0. The Morgan fingerprint density at radius 2 is 1.91 bits per heavy atom. The summed E-state index contributed by atoms with van der Waals surface area (Å²) in [6.07, 6.45) is -6.47. The van der Waals surface area contributed by atoms with E-state index >= 15 is 0 Å². The molecule has 1 aliphatic rings. The van der Waals surface area contributed by atoms with Crippen LogP contribution < -0.4 is 5.32 Å². The van der Waals surface area contributed by atoms with Gasteiger partial charge in [-0.1, -0.05) is 6.07 Å². The maximum atomic E-state index is 13.7. The number of anilines is 1. The lowest BCUT2D eigenvalue weighted by Crippen LogP contribution is -2.40. The Morgan fingerprint density at radius 1 is 1.17 bits per heavy atom. The molecular formula is C22H20F6N4O3. The Bertz CT molecular complexity index is 1250. The smallest absolute Gasteiger partial charge is 0.376 e. The molecule has 2 aromatic heterocycles. The second kappa shape index (κ2) is 8.79. The first-order valence-electron chi connectivity index (χ1n) is 10.6. The van der Waals surface area contributed by atoms with Crippen molar-refractivity contribution >= 4 is 22.5 Å². The number of fused-ring (bicyclic) bond motifs is 1. The zero-order valence-corrected chi connectivity index (χ0v) is 18.2. The average molecular weight is 502 g/mol. The fraction of sp³-hybridized carbons (Fsp3) is 0.409. The Hall–Kier alpha value is -3.19. The van der Waals surface area contributed by atoms with Gasteiger partial charge in [-0.05, 0) is 50.5 Å². The summed E-state index contributed by atoms with van der Waals surface area (Å²) in [5, 5.41) is 17.1. The van der Waals surface area contributed by atoms with E-state index in [1.54, 1.807) is 0 Å². The van der Waals surface area contributed by atoms with Crippen molar-refractivity contribution in [2.45, 2.75) is 50.4 Å². The molecule has 3 aromatic rings. The van der Waals surface area contributed by atoms with Gasteiger partial charge in [-0.3, -0.25) is 4.79 Å². The second-order valence-corrected chi connectivity index (χ2v) is 8.32. The molecule has 1 saturated heterocycles. The highest BCUT2D eigenvalue weighted by Crippen LogP contribution is 2.43. The van der Waals surface area contributed by atoms with E-state index in [0.717, 1.165) is 31.0 Å². The molecule has 0 bridgehead atoms. The summed E-state index contributed by atoms with van der Waals surface area (Å²) in [4.78, 5) is 15.9. The summed E-state index contributed by atoms with van der Waals surface area (Å²) in [6, 6.07) is 4.75. The van der Waals surface area contributed by atoms with Gasteiger partial charge in [0.2, 0.25) is 0 Å². The fourth-order valence-electron chi connectivity index (χ4n) is 3.73. The number of rotatable bonds is 4. The number of benzene rings is 1. The maximum absolute atomic E-state index is 13.7. The Balaban J connectivity index is 1.77. The molecule has 1 fully saturated rings. The van der Waals surface area contributed by atoms with Crippen LogP contribution in [0.4, 0.5) is 32.0 Å². The number of nitrogens with zero attached hydrogens (tertiary/aromatic N) is 3. The topological polar surface area (TPSA) is 89.3 Å². The number of aliphatic hydroxyl groups is 1. The van der Waals surface area contributed by atoms with Gasteiger partial charge in [0.1, 0.15) is 17.6 Å². The average Bonchev–Trinajstić information content (AvgIpc) is 3.21. The highest BCUT2D eigenvalue weighted by Gasteiger charge is 2.52. The predicted octanol–water partition coefficient (Wildman–Crippen LogP) is 5.17. The van der Waals surface area contributed by atoms with Crippen LogP contribution in [0.3, 0.4) is 0 Å². The third-order valence-electron chi connectivity index (χ3n) is 5.71. The molecule has 4 rings (SSSR count). The molecule has 2 unspecified atom stereocenters. The molecule has 188 valence electrons. The molecule has 2 atom stereocenters.